The fraction of sp³-hybridized carbons (Fsp3) is 0.432. The molecule has 4 rings (SSSR count). The van der Waals surface area contributed by atoms with E-state index in [1.54, 1.807) is 37.3 Å². The molecule has 0 fully saturated rings. The van der Waals surface area contributed by atoms with Crippen molar-refractivity contribution in [2.45, 2.75) is 96.9 Å². The number of hydrogen-bond acceptors (Lipinski definition) is 7. The smallest absolute Gasteiger partial charge is 0.282 e. The monoisotopic (exact) mass is 760 g/mol. The molecule has 13 heteroatoms. The zero-order valence-electron chi connectivity index (χ0n) is 28.5. The Hall–Kier alpha value is -3.37. The van der Waals surface area contributed by atoms with Crippen LogP contribution < -0.4 is 15.6 Å². The summed E-state index contributed by atoms with van der Waals surface area (Å²) in [6.07, 6.45) is 15.0. The van der Waals surface area contributed by atoms with Crippen molar-refractivity contribution in [3.8, 4) is 5.75 Å². The first-order valence-electron chi connectivity index (χ1n) is 17.2. The van der Waals surface area contributed by atoms with Crippen LogP contribution in [0, 0.1) is 6.92 Å². The number of amides is 2. The van der Waals surface area contributed by atoms with Gasteiger partial charge in [-0.2, -0.15) is 15.2 Å². The molecule has 0 aliphatic carbocycles. The fourth-order valence-corrected chi connectivity index (χ4v) is 6.68. The van der Waals surface area contributed by atoms with Crippen LogP contribution >= 0.6 is 46.4 Å². The summed E-state index contributed by atoms with van der Waals surface area (Å²) in [6.45, 7) is 4.54. The molecule has 3 aromatic carbocycles. The van der Waals surface area contributed by atoms with Gasteiger partial charge in [-0.1, -0.05) is 124 Å². The minimum absolute atomic E-state index is 0.0762. The van der Waals surface area contributed by atoms with Crippen LogP contribution in [0.4, 0.5) is 17.1 Å². The Balaban J connectivity index is 1.40. The number of halogens is 4. The summed E-state index contributed by atoms with van der Waals surface area (Å²) < 4.78 is 0. The van der Waals surface area contributed by atoms with E-state index in [0.29, 0.717) is 34.1 Å². The average molecular weight is 763 g/mol. The van der Waals surface area contributed by atoms with Gasteiger partial charge in [-0.3, -0.25) is 9.59 Å². The van der Waals surface area contributed by atoms with E-state index in [2.05, 4.69) is 32.9 Å². The molecular formula is C37H44Cl4N6O3. The molecule has 0 spiro atoms. The van der Waals surface area contributed by atoms with Crippen LogP contribution in [0.2, 0.25) is 20.1 Å². The Labute approximate surface area is 314 Å². The summed E-state index contributed by atoms with van der Waals surface area (Å²) in [5.41, 5.74) is 1.86. The highest BCUT2D eigenvalue weighted by atomic mass is 35.5. The number of unbranched alkanes of at least 4 members (excludes halogenated alkanes) is 11. The molecule has 0 saturated heterocycles. The van der Waals surface area contributed by atoms with Crippen LogP contribution in [0.5, 0.6) is 5.75 Å². The summed E-state index contributed by atoms with van der Waals surface area (Å²) in [6, 6.07) is 11.2. The maximum Gasteiger partial charge on any atom is 0.282 e. The van der Waals surface area contributed by atoms with Gasteiger partial charge in [0.2, 0.25) is 6.04 Å². The van der Waals surface area contributed by atoms with Crippen molar-refractivity contribution in [1.82, 2.24) is 5.32 Å². The lowest BCUT2D eigenvalue weighted by Crippen LogP contribution is -2.33. The molecule has 1 heterocycles. The highest BCUT2D eigenvalue weighted by molar-refractivity contribution is 6.43. The molecule has 9 nitrogen and oxygen atoms in total. The minimum Gasteiger partial charge on any atom is -0.508 e. The standard InChI is InChI=1S/C37H44Cl4N6O3/c1-3-4-5-6-7-8-9-10-11-12-13-14-19-42-36(49)25-15-17-28(39)31(21-25)43-35-33(45-44-27-16-18-32(48)24(2)20-27)37(50)47(46-35)34-29(40)22-26(38)23-30(34)41/h15-18,20-23,33,48H,3-14,19H2,1-2H3,(H,42,49)(H,43,46)/b45-44+. The molecule has 1 atom stereocenters. The van der Waals surface area contributed by atoms with Crippen LogP contribution in [0.1, 0.15) is 99.9 Å². The van der Waals surface area contributed by atoms with Crippen LogP contribution in [0.25, 0.3) is 0 Å². The van der Waals surface area contributed by atoms with Crippen molar-refractivity contribution < 1.29 is 14.7 Å². The summed E-state index contributed by atoms with van der Waals surface area (Å²) in [5.74, 6) is -0.647. The molecule has 268 valence electrons. The maximum absolute atomic E-state index is 13.7. The number of hydrogen-bond donors (Lipinski definition) is 3. The van der Waals surface area contributed by atoms with E-state index in [1.807, 2.05) is 0 Å². The number of hydrazone groups is 1. The third-order valence-electron chi connectivity index (χ3n) is 8.38. The molecule has 0 bridgehead atoms. The zero-order valence-corrected chi connectivity index (χ0v) is 31.5. The van der Waals surface area contributed by atoms with Gasteiger partial charge in [0.1, 0.15) is 11.4 Å². The van der Waals surface area contributed by atoms with E-state index in [9.17, 15) is 14.7 Å². The number of rotatable bonds is 18. The number of anilines is 2. The first kappa shape index (κ1) is 39.4. The summed E-state index contributed by atoms with van der Waals surface area (Å²) in [5, 5.41) is 30.8. The largest absolute Gasteiger partial charge is 0.508 e. The Bertz CT molecular complexity index is 1680. The van der Waals surface area contributed by atoms with Crippen molar-refractivity contribution in [2.75, 3.05) is 16.9 Å². The lowest BCUT2D eigenvalue weighted by molar-refractivity contribution is -0.117. The highest BCUT2D eigenvalue weighted by Crippen LogP contribution is 2.39. The van der Waals surface area contributed by atoms with Crippen molar-refractivity contribution in [3.05, 3.63) is 79.7 Å². The predicted octanol–water partition coefficient (Wildman–Crippen LogP) is 11.7. The number of carbonyl (C=O) groups excluding carboxylic acids is 2. The molecule has 0 aromatic heterocycles. The number of phenols is 1. The zero-order chi connectivity index (χ0) is 36.0. The number of nitrogens with one attached hydrogen (secondary N) is 2. The molecule has 1 aliphatic rings. The van der Waals surface area contributed by atoms with Gasteiger partial charge >= 0.3 is 0 Å². The molecule has 1 unspecified atom stereocenters. The van der Waals surface area contributed by atoms with Gasteiger partial charge in [-0.15, -0.1) is 5.10 Å². The minimum atomic E-state index is -1.24. The molecule has 50 heavy (non-hydrogen) atoms. The number of carbonyl (C=O) groups is 2. The Morgan fingerprint density at radius 1 is 0.840 bits per heavy atom. The molecule has 0 radical (unpaired) electrons. The van der Waals surface area contributed by atoms with Crippen molar-refractivity contribution in [2.24, 2.45) is 15.3 Å². The van der Waals surface area contributed by atoms with Gasteiger partial charge in [-0.05, 0) is 67.4 Å². The topological polar surface area (TPSA) is 119 Å². The third-order valence-corrected chi connectivity index (χ3v) is 9.50. The number of amidine groups is 1. The number of aromatic hydroxyl groups is 1. The lowest BCUT2D eigenvalue weighted by Gasteiger charge is -2.15. The summed E-state index contributed by atoms with van der Waals surface area (Å²) in [7, 11) is 0. The van der Waals surface area contributed by atoms with E-state index >= 15 is 0 Å². The quantitative estimate of drug-likeness (QED) is 0.0883. The lowest BCUT2D eigenvalue weighted by atomic mass is 10.1. The van der Waals surface area contributed by atoms with E-state index in [1.165, 1.54) is 76.0 Å². The molecular weight excluding hydrogens is 718 g/mol. The molecule has 2 amide bonds. The van der Waals surface area contributed by atoms with E-state index in [4.69, 9.17) is 46.4 Å². The Kier molecular flexibility index (Phi) is 15.7. The number of phenolic OH excluding ortho intramolecular Hbond substituents is 1. The van der Waals surface area contributed by atoms with Crippen molar-refractivity contribution in [3.63, 3.8) is 0 Å². The van der Waals surface area contributed by atoms with E-state index < -0.39 is 11.9 Å². The fourth-order valence-electron chi connectivity index (χ4n) is 5.54. The van der Waals surface area contributed by atoms with Crippen molar-refractivity contribution in [1.29, 1.82) is 0 Å². The second-order valence-corrected chi connectivity index (χ2v) is 14.1. The highest BCUT2D eigenvalue weighted by Gasteiger charge is 2.39. The van der Waals surface area contributed by atoms with Gasteiger partial charge in [0.15, 0.2) is 5.84 Å². The third kappa shape index (κ3) is 11.3. The molecule has 3 aromatic rings. The molecule has 3 N–H and O–H groups in total. The number of nitrogens with zero attached hydrogens (tertiary/aromatic N) is 4. The van der Waals surface area contributed by atoms with Crippen molar-refractivity contribution >= 4 is 81.1 Å². The molecule has 1 aliphatic heterocycles. The van der Waals surface area contributed by atoms with Gasteiger partial charge in [0.25, 0.3) is 11.8 Å². The Morgan fingerprint density at radius 3 is 2.08 bits per heavy atom. The normalized spacial score (nSPS) is 14.4. The molecule has 0 saturated carbocycles. The Morgan fingerprint density at radius 2 is 1.46 bits per heavy atom. The SMILES string of the molecule is CCCCCCCCCCCCCCNC(=O)c1ccc(Cl)c(NC2=NN(c3c(Cl)cc(Cl)cc3Cl)C(=O)C2/N=N/c2ccc(O)c(C)c2)c1. The van der Waals surface area contributed by atoms with Gasteiger partial charge < -0.3 is 15.7 Å². The van der Waals surface area contributed by atoms with Gasteiger partial charge in [0.05, 0.1) is 26.4 Å². The van der Waals surface area contributed by atoms with Crippen LogP contribution in [-0.4, -0.2) is 35.3 Å². The van der Waals surface area contributed by atoms with Gasteiger partial charge in [0, 0.05) is 17.1 Å². The average Bonchev–Trinajstić information content (AvgIpc) is 3.37. The van der Waals surface area contributed by atoms with Crippen LogP contribution in [0.15, 0.2) is 63.9 Å². The summed E-state index contributed by atoms with van der Waals surface area (Å²) >= 11 is 25.5. The first-order chi connectivity index (χ1) is 24.1. The van der Waals surface area contributed by atoms with Crippen LogP contribution in [0.3, 0.4) is 0 Å². The van der Waals surface area contributed by atoms with E-state index in [-0.39, 0.29) is 38.2 Å². The van der Waals surface area contributed by atoms with Gasteiger partial charge in [-0.25, -0.2) is 0 Å². The van der Waals surface area contributed by atoms with Crippen LogP contribution in [-0.2, 0) is 4.79 Å². The summed E-state index contributed by atoms with van der Waals surface area (Å²) in [4.78, 5) is 26.8. The van der Waals surface area contributed by atoms with E-state index in [0.717, 1.165) is 24.3 Å². The maximum atomic E-state index is 13.7. The number of azo groups is 1. The number of benzene rings is 3. The predicted molar refractivity (Wildman–Crippen MR) is 206 cm³/mol. The second kappa shape index (κ2) is 19.9. The second-order valence-electron chi connectivity index (χ2n) is 12.4. The number of aryl methyl sites for hydroxylation is 1. The first-order valence-corrected chi connectivity index (χ1v) is 18.7.